The van der Waals surface area contributed by atoms with Crippen LogP contribution in [0.2, 0.25) is 0 Å². The van der Waals surface area contributed by atoms with Crippen molar-refractivity contribution < 1.29 is 33.6 Å². The van der Waals surface area contributed by atoms with Crippen LogP contribution in [0, 0.1) is 12.8 Å². The summed E-state index contributed by atoms with van der Waals surface area (Å²) in [6.07, 6.45) is 5.71. The topological polar surface area (TPSA) is 83.5 Å². The third-order valence-corrected chi connectivity index (χ3v) is 5.68. The molecule has 2 heterocycles. The number of methoxy groups -OCH3 is 1. The first-order valence-corrected chi connectivity index (χ1v) is 11.0. The zero-order chi connectivity index (χ0) is 23.5. The Morgan fingerprint density at radius 3 is 2.66 bits per heavy atom. The van der Waals surface area contributed by atoms with Crippen molar-refractivity contribution in [3.63, 3.8) is 0 Å². The molecule has 1 fully saturated rings. The van der Waals surface area contributed by atoms with Crippen molar-refractivity contribution in [2.24, 2.45) is 5.92 Å². The number of benzene rings is 1. The SMILES string of the molecule is COCOc1cc(C)cc2c1C(=O)O[C@@H](C)[C@H](C)/C=C\C(O)[C@H]1OC(C)(C)O[C@H]1C/C=C/2. The van der Waals surface area contributed by atoms with Crippen LogP contribution < -0.4 is 4.74 Å². The van der Waals surface area contributed by atoms with Gasteiger partial charge in [0.05, 0.1) is 6.10 Å². The van der Waals surface area contributed by atoms with Crippen LogP contribution in [0.5, 0.6) is 5.75 Å². The van der Waals surface area contributed by atoms with Gasteiger partial charge in [0.1, 0.15) is 29.6 Å². The first kappa shape index (κ1) is 24.5. The predicted molar refractivity (Wildman–Crippen MR) is 120 cm³/mol. The van der Waals surface area contributed by atoms with Gasteiger partial charge in [0, 0.05) is 13.0 Å². The first-order valence-electron chi connectivity index (χ1n) is 11.0. The maximum atomic E-state index is 13.2. The Morgan fingerprint density at radius 2 is 1.94 bits per heavy atom. The fourth-order valence-corrected chi connectivity index (χ4v) is 3.92. The predicted octanol–water partition coefficient (Wildman–Crippen LogP) is 4.01. The number of esters is 1. The summed E-state index contributed by atoms with van der Waals surface area (Å²) >= 11 is 0. The highest BCUT2D eigenvalue weighted by atomic mass is 16.8. The molecule has 0 saturated carbocycles. The molecule has 2 aliphatic rings. The van der Waals surface area contributed by atoms with E-state index in [1.807, 2.05) is 58.9 Å². The van der Waals surface area contributed by atoms with Crippen molar-refractivity contribution in [3.8, 4) is 5.75 Å². The van der Waals surface area contributed by atoms with E-state index in [0.717, 1.165) is 5.56 Å². The van der Waals surface area contributed by atoms with Gasteiger partial charge in [-0.2, -0.15) is 0 Å². The van der Waals surface area contributed by atoms with E-state index in [1.54, 1.807) is 12.1 Å². The number of ether oxygens (including phenoxy) is 5. The Balaban J connectivity index is 2.04. The minimum Gasteiger partial charge on any atom is -0.467 e. The summed E-state index contributed by atoms with van der Waals surface area (Å²) in [7, 11) is 1.53. The lowest BCUT2D eigenvalue weighted by atomic mass is 9.98. The standard InChI is InChI=1S/C25H34O7/c1-15-12-18-8-7-9-20-23(32-25(4,5)31-20)19(26)11-10-16(2)17(3)30-24(27)22(18)21(13-15)29-14-28-6/h7-8,10-13,16-17,19-20,23,26H,9,14H2,1-6H3/b8-7+,11-10-/t16-,17+,19?,20+,23-/m1/s1. The normalized spacial score (nSPS) is 32.2. The molecule has 0 bridgehead atoms. The Kier molecular flexibility index (Phi) is 7.77. The molecule has 0 radical (unpaired) electrons. The maximum Gasteiger partial charge on any atom is 0.342 e. The van der Waals surface area contributed by atoms with Crippen LogP contribution in [0.15, 0.2) is 30.4 Å². The molecular weight excluding hydrogens is 412 g/mol. The summed E-state index contributed by atoms with van der Waals surface area (Å²) in [5.74, 6) is -0.980. The number of hydrogen-bond donors (Lipinski definition) is 1. The van der Waals surface area contributed by atoms with Gasteiger partial charge in [-0.25, -0.2) is 4.79 Å². The summed E-state index contributed by atoms with van der Waals surface area (Å²) in [6, 6.07) is 3.71. The van der Waals surface area contributed by atoms with E-state index in [2.05, 4.69) is 0 Å². The fraction of sp³-hybridized carbons (Fsp3) is 0.560. The Morgan fingerprint density at radius 1 is 1.19 bits per heavy atom. The molecule has 1 saturated heterocycles. The monoisotopic (exact) mass is 446 g/mol. The van der Waals surface area contributed by atoms with E-state index < -0.39 is 30.1 Å². The van der Waals surface area contributed by atoms with Crippen LogP contribution in [0.4, 0.5) is 0 Å². The van der Waals surface area contributed by atoms with Gasteiger partial charge in [0.15, 0.2) is 12.6 Å². The number of aliphatic hydroxyl groups is 1. The van der Waals surface area contributed by atoms with E-state index in [1.165, 1.54) is 7.11 Å². The molecule has 7 heteroatoms. The van der Waals surface area contributed by atoms with Crippen LogP contribution in [-0.4, -0.2) is 55.2 Å². The van der Waals surface area contributed by atoms with E-state index in [-0.39, 0.29) is 18.8 Å². The molecule has 3 rings (SSSR count). The molecule has 1 aromatic rings. The van der Waals surface area contributed by atoms with E-state index >= 15 is 0 Å². The number of carbonyl (C=O) groups is 1. The van der Waals surface area contributed by atoms with Crippen molar-refractivity contribution in [3.05, 3.63) is 47.1 Å². The zero-order valence-electron chi connectivity index (χ0n) is 19.7. The van der Waals surface area contributed by atoms with Gasteiger partial charge < -0.3 is 28.8 Å². The molecule has 0 aliphatic carbocycles. The second-order valence-corrected chi connectivity index (χ2v) is 8.90. The van der Waals surface area contributed by atoms with E-state index in [9.17, 15) is 9.90 Å². The minimum absolute atomic E-state index is 0.0173. The molecule has 1 unspecified atom stereocenters. The molecule has 1 aromatic carbocycles. The van der Waals surface area contributed by atoms with Crippen molar-refractivity contribution in [1.29, 1.82) is 0 Å². The average molecular weight is 447 g/mol. The average Bonchev–Trinajstić information content (AvgIpc) is 3.03. The highest BCUT2D eigenvalue weighted by Gasteiger charge is 2.43. The third kappa shape index (κ3) is 5.78. The molecule has 0 amide bonds. The third-order valence-electron chi connectivity index (χ3n) is 5.68. The summed E-state index contributed by atoms with van der Waals surface area (Å²) in [5, 5.41) is 10.7. The van der Waals surface area contributed by atoms with E-state index in [0.29, 0.717) is 23.3 Å². The number of aliphatic hydroxyl groups excluding tert-OH is 1. The van der Waals surface area contributed by atoms with Crippen LogP contribution in [0.25, 0.3) is 6.08 Å². The zero-order valence-corrected chi connectivity index (χ0v) is 19.7. The quantitative estimate of drug-likeness (QED) is 0.427. The smallest absolute Gasteiger partial charge is 0.342 e. The first-order chi connectivity index (χ1) is 15.1. The molecular formula is C25H34O7. The Labute approximate surface area is 189 Å². The van der Waals surface area contributed by atoms with Gasteiger partial charge >= 0.3 is 5.97 Å². The fourth-order valence-electron chi connectivity index (χ4n) is 3.92. The second kappa shape index (κ2) is 10.2. The van der Waals surface area contributed by atoms with Gasteiger partial charge in [0.25, 0.3) is 0 Å². The highest BCUT2D eigenvalue weighted by Crippen LogP contribution is 2.34. The molecule has 2 aliphatic heterocycles. The minimum atomic E-state index is -0.841. The summed E-state index contributed by atoms with van der Waals surface area (Å²) in [5.41, 5.74) is 1.97. The summed E-state index contributed by atoms with van der Waals surface area (Å²) in [6.45, 7) is 9.38. The van der Waals surface area contributed by atoms with Crippen molar-refractivity contribution in [2.45, 2.75) is 71.2 Å². The lowest BCUT2D eigenvalue weighted by Gasteiger charge is -2.23. The summed E-state index contributed by atoms with van der Waals surface area (Å²) < 4.78 is 28.5. The van der Waals surface area contributed by atoms with Crippen LogP contribution in [-0.2, 0) is 18.9 Å². The molecule has 1 N–H and O–H groups in total. The molecule has 7 nitrogen and oxygen atoms in total. The number of rotatable bonds is 3. The number of hydrogen-bond acceptors (Lipinski definition) is 7. The van der Waals surface area contributed by atoms with Crippen molar-refractivity contribution in [1.82, 2.24) is 0 Å². The Bertz CT molecular complexity index is 873. The number of fused-ring (bicyclic) bond motifs is 2. The van der Waals surface area contributed by atoms with Crippen LogP contribution in [0.1, 0.15) is 55.6 Å². The highest BCUT2D eigenvalue weighted by molar-refractivity contribution is 5.97. The summed E-state index contributed by atoms with van der Waals surface area (Å²) in [4.78, 5) is 13.2. The molecule has 5 atom stereocenters. The number of carbonyl (C=O) groups excluding carboxylic acids is 1. The van der Waals surface area contributed by atoms with Gasteiger partial charge in [0.2, 0.25) is 0 Å². The van der Waals surface area contributed by atoms with E-state index in [4.69, 9.17) is 23.7 Å². The molecule has 176 valence electrons. The molecule has 0 spiro atoms. The second-order valence-electron chi connectivity index (χ2n) is 8.90. The lowest BCUT2D eigenvalue weighted by molar-refractivity contribution is -0.152. The maximum absolute atomic E-state index is 13.2. The van der Waals surface area contributed by atoms with Crippen LogP contribution >= 0.6 is 0 Å². The van der Waals surface area contributed by atoms with Gasteiger partial charge in [-0.3, -0.25) is 0 Å². The van der Waals surface area contributed by atoms with Crippen molar-refractivity contribution in [2.75, 3.05) is 13.9 Å². The van der Waals surface area contributed by atoms with Gasteiger partial charge in [-0.1, -0.05) is 37.3 Å². The largest absolute Gasteiger partial charge is 0.467 e. The Hall–Kier alpha value is -2.19. The van der Waals surface area contributed by atoms with Gasteiger partial charge in [-0.05, 0) is 51.3 Å². The number of cyclic esters (lactones) is 1. The molecule has 0 aromatic heterocycles. The molecule has 32 heavy (non-hydrogen) atoms. The van der Waals surface area contributed by atoms with Crippen LogP contribution in [0.3, 0.4) is 0 Å². The van der Waals surface area contributed by atoms with Crippen molar-refractivity contribution >= 4 is 12.0 Å². The van der Waals surface area contributed by atoms with Gasteiger partial charge in [-0.15, -0.1) is 0 Å². The lowest BCUT2D eigenvalue weighted by Crippen LogP contribution is -2.34. The number of aryl methyl sites for hydroxylation is 1.